The minimum absolute atomic E-state index is 0.0188. The molecule has 1 aliphatic rings. The van der Waals surface area contributed by atoms with Crippen molar-refractivity contribution in [3.8, 4) is 0 Å². The van der Waals surface area contributed by atoms with Gasteiger partial charge in [0.1, 0.15) is 5.82 Å². The van der Waals surface area contributed by atoms with Crippen molar-refractivity contribution in [3.05, 3.63) is 35.6 Å². The predicted molar refractivity (Wildman–Crippen MR) is 81.3 cm³/mol. The lowest BCUT2D eigenvalue weighted by atomic mass is 10.1. The van der Waals surface area contributed by atoms with E-state index in [-0.39, 0.29) is 17.8 Å². The fourth-order valence-corrected chi connectivity index (χ4v) is 3.34. The molecule has 1 aromatic carbocycles. The van der Waals surface area contributed by atoms with E-state index in [1.807, 2.05) is 13.0 Å². The number of carbonyl (C=O) groups is 1. The lowest BCUT2D eigenvalue weighted by molar-refractivity contribution is -0.119. The number of nitrogens with one attached hydrogen (secondary N) is 2. The van der Waals surface area contributed by atoms with E-state index < -0.39 is 0 Å². The summed E-state index contributed by atoms with van der Waals surface area (Å²) in [5.41, 5.74) is 0.796. The molecule has 20 heavy (non-hydrogen) atoms. The molecule has 2 rings (SSSR count). The van der Waals surface area contributed by atoms with Gasteiger partial charge in [-0.1, -0.05) is 12.1 Å². The van der Waals surface area contributed by atoms with Crippen LogP contribution in [0.1, 0.15) is 31.4 Å². The number of thioether (sulfide) groups is 1. The van der Waals surface area contributed by atoms with Crippen LogP contribution < -0.4 is 10.6 Å². The van der Waals surface area contributed by atoms with Crippen molar-refractivity contribution in [1.29, 1.82) is 0 Å². The zero-order chi connectivity index (χ0) is 14.4. The Morgan fingerprint density at radius 3 is 2.95 bits per heavy atom. The van der Waals surface area contributed by atoms with Gasteiger partial charge in [0.05, 0.1) is 11.8 Å². The highest BCUT2D eigenvalue weighted by Gasteiger charge is 2.16. The molecule has 5 heteroatoms. The van der Waals surface area contributed by atoms with Crippen molar-refractivity contribution in [3.63, 3.8) is 0 Å². The number of carbonyl (C=O) groups excluding carboxylic acids is 1. The Labute approximate surface area is 123 Å². The fraction of sp³-hybridized carbons (Fsp3) is 0.533. The summed E-state index contributed by atoms with van der Waals surface area (Å²) >= 11 is 1.72. The van der Waals surface area contributed by atoms with Crippen LogP contribution in [0.5, 0.6) is 0 Å². The summed E-state index contributed by atoms with van der Waals surface area (Å²) in [6.45, 7) is 3.96. The molecule has 1 atom stereocenters. The first kappa shape index (κ1) is 15.3. The first-order chi connectivity index (χ1) is 9.65. The van der Waals surface area contributed by atoms with Crippen LogP contribution >= 0.6 is 11.8 Å². The van der Waals surface area contributed by atoms with E-state index >= 15 is 0 Å². The third-order valence-electron chi connectivity index (χ3n) is 3.46. The number of amides is 1. The maximum absolute atomic E-state index is 13.1. The van der Waals surface area contributed by atoms with Gasteiger partial charge in [-0.25, -0.2) is 4.39 Å². The van der Waals surface area contributed by atoms with E-state index in [0.717, 1.165) is 31.5 Å². The minimum atomic E-state index is -0.271. The molecule has 1 saturated heterocycles. The molecule has 1 heterocycles. The standard InChI is InChI=1S/C15H21FN2OS/c1-11(12-3-2-4-13(16)9-12)18-15(19)10-20-14-5-7-17-8-6-14/h2-4,9,11,14,17H,5-8,10H2,1H3,(H,18,19)/t11-/m0/s1. The Morgan fingerprint density at radius 1 is 1.50 bits per heavy atom. The summed E-state index contributed by atoms with van der Waals surface area (Å²) in [5, 5.41) is 6.81. The normalized spacial score (nSPS) is 17.7. The smallest absolute Gasteiger partial charge is 0.230 e. The van der Waals surface area contributed by atoms with Crippen molar-refractivity contribution in [2.75, 3.05) is 18.8 Å². The van der Waals surface area contributed by atoms with Crippen LogP contribution in [0.15, 0.2) is 24.3 Å². The van der Waals surface area contributed by atoms with Crippen LogP contribution in [0, 0.1) is 5.82 Å². The molecule has 1 aliphatic heterocycles. The zero-order valence-electron chi connectivity index (χ0n) is 11.7. The molecule has 1 amide bonds. The third-order valence-corrected chi connectivity index (χ3v) is 4.83. The molecular formula is C15H21FN2OS. The summed E-state index contributed by atoms with van der Waals surface area (Å²) in [6, 6.07) is 6.20. The highest BCUT2D eigenvalue weighted by atomic mass is 32.2. The lowest BCUT2D eigenvalue weighted by Crippen LogP contribution is -2.32. The minimum Gasteiger partial charge on any atom is -0.349 e. The van der Waals surface area contributed by atoms with Crippen LogP contribution in [0.3, 0.4) is 0 Å². The van der Waals surface area contributed by atoms with Gasteiger partial charge in [-0.2, -0.15) is 0 Å². The second-order valence-corrected chi connectivity index (χ2v) is 6.39. The van der Waals surface area contributed by atoms with Gasteiger partial charge in [0.15, 0.2) is 0 Å². The predicted octanol–water partition coefficient (Wildman–Crippen LogP) is 2.49. The van der Waals surface area contributed by atoms with E-state index in [1.54, 1.807) is 17.8 Å². The van der Waals surface area contributed by atoms with E-state index in [4.69, 9.17) is 0 Å². The first-order valence-corrected chi connectivity index (χ1v) is 8.07. The van der Waals surface area contributed by atoms with Gasteiger partial charge in [-0.05, 0) is 50.6 Å². The quantitative estimate of drug-likeness (QED) is 0.877. The van der Waals surface area contributed by atoms with Crippen LogP contribution in [0.2, 0.25) is 0 Å². The van der Waals surface area contributed by atoms with E-state index in [0.29, 0.717) is 11.0 Å². The summed E-state index contributed by atoms with van der Waals surface area (Å²) in [6.07, 6.45) is 2.24. The molecule has 0 radical (unpaired) electrons. The molecule has 0 spiro atoms. The van der Waals surface area contributed by atoms with Crippen molar-refractivity contribution >= 4 is 17.7 Å². The topological polar surface area (TPSA) is 41.1 Å². The van der Waals surface area contributed by atoms with Gasteiger partial charge in [-0.3, -0.25) is 4.79 Å². The van der Waals surface area contributed by atoms with E-state index in [9.17, 15) is 9.18 Å². The Kier molecular flexibility index (Phi) is 5.86. The molecule has 2 N–H and O–H groups in total. The Balaban J connectivity index is 1.76. The van der Waals surface area contributed by atoms with Crippen LogP contribution in [-0.4, -0.2) is 30.0 Å². The molecule has 110 valence electrons. The number of halogens is 1. The average Bonchev–Trinajstić information content (AvgIpc) is 2.46. The molecule has 1 fully saturated rings. The van der Waals surface area contributed by atoms with Gasteiger partial charge in [0.25, 0.3) is 0 Å². The van der Waals surface area contributed by atoms with Gasteiger partial charge in [0, 0.05) is 5.25 Å². The van der Waals surface area contributed by atoms with Crippen molar-refractivity contribution < 1.29 is 9.18 Å². The Bertz CT molecular complexity index is 449. The first-order valence-electron chi connectivity index (χ1n) is 7.02. The maximum Gasteiger partial charge on any atom is 0.230 e. The summed E-state index contributed by atoms with van der Waals surface area (Å²) in [7, 11) is 0. The SMILES string of the molecule is C[C@H](NC(=O)CSC1CCNCC1)c1cccc(F)c1. The highest BCUT2D eigenvalue weighted by Crippen LogP contribution is 2.20. The molecular weight excluding hydrogens is 275 g/mol. The second kappa shape index (κ2) is 7.64. The maximum atomic E-state index is 13.1. The van der Waals surface area contributed by atoms with Gasteiger partial charge in [0.2, 0.25) is 5.91 Å². The van der Waals surface area contributed by atoms with Gasteiger partial charge in [-0.15, -0.1) is 11.8 Å². The molecule has 0 aliphatic carbocycles. The number of benzene rings is 1. The van der Waals surface area contributed by atoms with Crippen LogP contribution in [0.25, 0.3) is 0 Å². The van der Waals surface area contributed by atoms with E-state index in [1.165, 1.54) is 12.1 Å². The molecule has 0 unspecified atom stereocenters. The highest BCUT2D eigenvalue weighted by molar-refractivity contribution is 8.00. The van der Waals surface area contributed by atoms with Crippen LogP contribution in [-0.2, 0) is 4.79 Å². The monoisotopic (exact) mass is 296 g/mol. The van der Waals surface area contributed by atoms with Crippen LogP contribution in [0.4, 0.5) is 4.39 Å². The molecule has 0 aromatic heterocycles. The van der Waals surface area contributed by atoms with Gasteiger partial charge < -0.3 is 10.6 Å². The summed E-state index contributed by atoms with van der Waals surface area (Å²) in [4.78, 5) is 11.9. The second-order valence-electron chi connectivity index (χ2n) is 5.10. The summed E-state index contributed by atoms with van der Waals surface area (Å²) < 4.78 is 13.1. The average molecular weight is 296 g/mol. The Hall–Kier alpha value is -1.07. The lowest BCUT2D eigenvalue weighted by Gasteiger charge is -2.22. The Morgan fingerprint density at radius 2 is 2.25 bits per heavy atom. The fourth-order valence-electron chi connectivity index (χ4n) is 2.30. The zero-order valence-corrected chi connectivity index (χ0v) is 12.5. The van der Waals surface area contributed by atoms with Crippen molar-refractivity contribution in [2.24, 2.45) is 0 Å². The number of rotatable bonds is 5. The molecule has 1 aromatic rings. The van der Waals surface area contributed by atoms with E-state index in [2.05, 4.69) is 10.6 Å². The third kappa shape index (κ3) is 4.80. The van der Waals surface area contributed by atoms with Crippen molar-refractivity contribution in [1.82, 2.24) is 10.6 Å². The van der Waals surface area contributed by atoms with Crippen molar-refractivity contribution in [2.45, 2.75) is 31.1 Å². The largest absolute Gasteiger partial charge is 0.349 e. The molecule has 3 nitrogen and oxygen atoms in total. The number of hydrogen-bond acceptors (Lipinski definition) is 3. The number of piperidine rings is 1. The summed E-state index contributed by atoms with van der Waals surface area (Å²) in [5.74, 6) is 0.225. The van der Waals surface area contributed by atoms with Gasteiger partial charge >= 0.3 is 0 Å². The molecule has 0 bridgehead atoms. The molecule has 0 saturated carbocycles. The number of hydrogen-bond donors (Lipinski definition) is 2.